The van der Waals surface area contributed by atoms with Gasteiger partial charge < -0.3 is 9.05 Å². The first kappa shape index (κ1) is 17.2. The zero-order valence-corrected chi connectivity index (χ0v) is 14.3. The summed E-state index contributed by atoms with van der Waals surface area (Å²) in [4.78, 5) is 12.9. The maximum atomic E-state index is 13.0. The average Bonchev–Trinajstić information content (AvgIpc) is 2.71. The van der Waals surface area contributed by atoms with E-state index in [1.807, 2.05) is 37.3 Å². The first-order valence-electron chi connectivity index (χ1n) is 7.46. The number of hydrogen-bond acceptors (Lipinski definition) is 5. The molecule has 1 fully saturated rings. The van der Waals surface area contributed by atoms with Gasteiger partial charge in [0.25, 0.3) is 5.91 Å². The van der Waals surface area contributed by atoms with Gasteiger partial charge in [-0.3, -0.25) is 9.36 Å². The fourth-order valence-electron chi connectivity index (χ4n) is 2.71. The molecular formula is C15H23N2O4P. The zero-order valence-electron chi connectivity index (χ0n) is 13.4. The Morgan fingerprint density at radius 3 is 2.18 bits per heavy atom. The van der Waals surface area contributed by atoms with Gasteiger partial charge in [-0.15, -0.1) is 0 Å². The van der Waals surface area contributed by atoms with Crippen molar-refractivity contribution in [3.05, 3.63) is 30.3 Å². The molecule has 7 heteroatoms. The van der Waals surface area contributed by atoms with Crippen molar-refractivity contribution in [3.63, 3.8) is 0 Å². The molecule has 2 rings (SSSR count). The first-order chi connectivity index (χ1) is 10.5. The van der Waals surface area contributed by atoms with E-state index in [-0.39, 0.29) is 25.2 Å². The standard InChI is InChI=1S/C15H23N2O4P/c1-5-20-22(19,21-6-2)14-12(3)16(4)17(15(14)18)13-10-8-7-9-11-13/h7-12,14H,5-6H2,1-4H3/t12-,14-/m0/s1. The summed E-state index contributed by atoms with van der Waals surface area (Å²) in [7, 11) is -1.70. The largest absolute Gasteiger partial charge is 0.344 e. The lowest BCUT2D eigenvalue weighted by Gasteiger charge is -2.26. The van der Waals surface area contributed by atoms with E-state index in [0.717, 1.165) is 5.69 Å². The molecule has 0 radical (unpaired) electrons. The number of amides is 1. The predicted molar refractivity (Wildman–Crippen MR) is 85.8 cm³/mol. The monoisotopic (exact) mass is 326 g/mol. The van der Waals surface area contributed by atoms with Crippen LogP contribution in [0.5, 0.6) is 0 Å². The highest BCUT2D eigenvalue weighted by Gasteiger charge is 2.54. The van der Waals surface area contributed by atoms with E-state index in [4.69, 9.17) is 9.05 Å². The summed E-state index contributed by atoms with van der Waals surface area (Å²) >= 11 is 0. The Morgan fingerprint density at radius 1 is 1.14 bits per heavy atom. The van der Waals surface area contributed by atoms with Crippen molar-refractivity contribution in [3.8, 4) is 0 Å². The molecule has 0 unspecified atom stereocenters. The molecule has 1 aromatic rings. The third-order valence-corrected chi connectivity index (χ3v) is 6.35. The van der Waals surface area contributed by atoms with Crippen LogP contribution in [0.25, 0.3) is 0 Å². The van der Waals surface area contributed by atoms with Crippen molar-refractivity contribution in [1.82, 2.24) is 5.01 Å². The van der Waals surface area contributed by atoms with E-state index in [9.17, 15) is 9.36 Å². The summed E-state index contributed by atoms with van der Waals surface area (Å²) in [5.41, 5.74) is -0.0819. The smallest absolute Gasteiger partial charge is 0.308 e. The first-order valence-corrected chi connectivity index (χ1v) is 9.08. The van der Waals surface area contributed by atoms with Crippen LogP contribution in [0.3, 0.4) is 0 Å². The number of hydrazine groups is 1. The minimum atomic E-state index is -3.51. The molecule has 1 aliphatic rings. The summed E-state index contributed by atoms with van der Waals surface area (Å²) in [6.45, 7) is 5.82. The second kappa shape index (κ2) is 6.92. The van der Waals surface area contributed by atoms with E-state index < -0.39 is 13.3 Å². The van der Waals surface area contributed by atoms with Crippen LogP contribution in [0, 0.1) is 0 Å². The molecule has 0 N–H and O–H groups in total. The van der Waals surface area contributed by atoms with Crippen LogP contribution in [-0.2, 0) is 18.4 Å². The summed E-state index contributed by atoms with van der Waals surface area (Å²) in [6, 6.07) is 9.01. The molecule has 122 valence electrons. The zero-order chi connectivity index (χ0) is 16.3. The number of para-hydroxylation sites is 1. The molecule has 1 heterocycles. The molecule has 2 atom stereocenters. The van der Waals surface area contributed by atoms with Crippen molar-refractivity contribution in [2.24, 2.45) is 0 Å². The van der Waals surface area contributed by atoms with Crippen molar-refractivity contribution in [1.29, 1.82) is 0 Å². The van der Waals surface area contributed by atoms with Crippen LogP contribution in [0.1, 0.15) is 20.8 Å². The number of carbonyl (C=O) groups excluding carboxylic acids is 1. The quantitative estimate of drug-likeness (QED) is 0.752. The molecule has 0 spiro atoms. The van der Waals surface area contributed by atoms with Crippen molar-refractivity contribution in [2.75, 3.05) is 25.3 Å². The number of benzene rings is 1. The highest BCUT2D eigenvalue weighted by Crippen LogP contribution is 2.57. The van der Waals surface area contributed by atoms with Crippen LogP contribution in [0.15, 0.2) is 30.3 Å². The lowest BCUT2D eigenvalue weighted by Crippen LogP contribution is -2.38. The van der Waals surface area contributed by atoms with Crippen LogP contribution >= 0.6 is 7.60 Å². The Morgan fingerprint density at radius 2 is 1.68 bits per heavy atom. The molecule has 22 heavy (non-hydrogen) atoms. The fourth-order valence-corrected chi connectivity index (χ4v) is 4.93. The number of nitrogens with zero attached hydrogens (tertiary/aromatic N) is 2. The van der Waals surface area contributed by atoms with Crippen LogP contribution in [0.4, 0.5) is 5.69 Å². The van der Waals surface area contributed by atoms with E-state index in [2.05, 4.69) is 0 Å². The normalized spacial score (nSPS) is 23.3. The molecule has 1 saturated heterocycles. The summed E-state index contributed by atoms with van der Waals surface area (Å²) in [5, 5.41) is 3.33. The minimum absolute atomic E-state index is 0.239. The summed E-state index contributed by atoms with van der Waals surface area (Å²) in [6.07, 6.45) is 0. The van der Waals surface area contributed by atoms with Crippen molar-refractivity contribution >= 4 is 19.2 Å². The molecule has 0 aliphatic carbocycles. The van der Waals surface area contributed by atoms with Gasteiger partial charge in [0.15, 0.2) is 5.66 Å². The molecule has 0 bridgehead atoms. The van der Waals surface area contributed by atoms with E-state index in [0.29, 0.717) is 0 Å². The SMILES string of the molecule is CCOP(=O)(OCC)[C@@H]1C(=O)N(c2ccccc2)N(C)[C@H]1C. The van der Waals surface area contributed by atoms with Gasteiger partial charge in [0.2, 0.25) is 0 Å². The number of anilines is 1. The van der Waals surface area contributed by atoms with Gasteiger partial charge in [-0.25, -0.2) is 10.0 Å². The topological polar surface area (TPSA) is 59.1 Å². The third-order valence-electron chi connectivity index (χ3n) is 3.78. The van der Waals surface area contributed by atoms with E-state index >= 15 is 0 Å². The maximum Gasteiger partial charge on any atom is 0.344 e. The Labute approximate surface area is 131 Å². The highest BCUT2D eigenvalue weighted by molar-refractivity contribution is 7.56. The lowest BCUT2D eigenvalue weighted by atomic mass is 10.2. The van der Waals surface area contributed by atoms with Crippen LogP contribution in [-0.4, -0.2) is 42.9 Å². The minimum Gasteiger partial charge on any atom is -0.308 e. The molecule has 6 nitrogen and oxygen atoms in total. The van der Waals surface area contributed by atoms with Gasteiger partial charge in [0, 0.05) is 13.1 Å². The predicted octanol–water partition coefficient (Wildman–Crippen LogP) is 2.90. The van der Waals surface area contributed by atoms with Gasteiger partial charge >= 0.3 is 7.60 Å². The Kier molecular flexibility index (Phi) is 5.40. The van der Waals surface area contributed by atoms with Crippen molar-refractivity contribution < 1.29 is 18.4 Å². The molecule has 1 aliphatic heterocycles. The summed E-state index contributed by atoms with van der Waals surface area (Å²) < 4.78 is 23.8. The number of rotatable bonds is 6. The molecule has 0 saturated carbocycles. The fraction of sp³-hybridized carbons (Fsp3) is 0.533. The van der Waals surface area contributed by atoms with E-state index in [1.165, 1.54) is 0 Å². The van der Waals surface area contributed by atoms with Crippen molar-refractivity contribution in [2.45, 2.75) is 32.5 Å². The second-order valence-corrected chi connectivity index (χ2v) is 7.27. The molecule has 1 amide bonds. The van der Waals surface area contributed by atoms with Gasteiger partial charge in [-0.05, 0) is 32.9 Å². The van der Waals surface area contributed by atoms with Gasteiger partial charge in [-0.1, -0.05) is 18.2 Å². The number of hydrogen-bond donors (Lipinski definition) is 0. The third kappa shape index (κ3) is 2.97. The lowest BCUT2D eigenvalue weighted by molar-refractivity contribution is -0.117. The second-order valence-electron chi connectivity index (χ2n) is 5.12. The maximum absolute atomic E-state index is 13.0. The Bertz CT molecular complexity index is 556. The number of carbonyl (C=O) groups is 1. The molecule has 1 aromatic carbocycles. The molecular weight excluding hydrogens is 303 g/mol. The van der Waals surface area contributed by atoms with Gasteiger partial charge in [0.05, 0.1) is 18.9 Å². The Balaban J connectivity index is 2.38. The summed E-state index contributed by atoms with van der Waals surface area (Å²) in [5.74, 6) is -0.258. The Hall–Kier alpha value is -1.20. The van der Waals surface area contributed by atoms with Gasteiger partial charge in [0.1, 0.15) is 0 Å². The average molecular weight is 326 g/mol. The van der Waals surface area contributed by atoms with Gasteiger partial charge in [-0.2, -0.15) is 0 Å². The molecule has 0 aromatic heterocycles. The highest BCUT2D eigenvalue weighted by atomic mass is 31.2. The van der Waals surface area contributed by atoms with Crippen LogP contribution in [0.2, 0.25) is 0 Å². The van der Waals surface area contributed by atoms with E-state index in [1.54, 1.807) is 30.9 Å². The van der Waals surface area contributed by atoms with Crippen LogP contribution < -0.4 is 5.01 Å².